The Bertz CT molecular complexity index is 121. The highest BCUT2D eigenvalue weighted by Crippen LogP contribution is 2.18. The maximum Gasteiger partial charge on any atom is 0.211 e. The van der Waals surface area contributed by atoms with Crippen LogP contribution in [0, 0.1) is 0 Å². The van der Waals surface area contributed by atoms with Crippen LogP contribution < -0.4 is 0 Å². The summed E-state index contributed by atoms with van der Waals surface area (Å²) < 4.78 is 4.46. The molecule has 0 fully saturated rings. The second-order valence-electron chi connectivity index (χ2n) is 2.16. The van der Waals surface area contributed by atoms with Crippen molar-refractivity contribution in [2.24, 2.45) is 0 Å². The zero-order chi connectivity index (χ0) is 8.74. The van der Waals surface area contributed by atoms with E-state index >= 15 is 0 Å². The van der Waals surface area contributed by atoms with Crippen LogP contribution in [0.3, 0.4) is 0 Å². The SMILES string of the molecule is C=CCC([O])(CC=C)OC[O]. The highest BCUT2D eigenvalue weighted by molar-refractivity contribution is 4.85. The van der Waals surface area contributed by atoms with Gasteiger partial charge in [-0.15, -0.1) is 13.2 Å². The van der Waals surface area contributed by atoms with Gasteiger partial charge in [0.1, 0.15) is 0 Å². The number of rotatable bonds is 6. The van der Waals surface area contributed by atoms with Crippen molar-refractivity contribution in [3.8, 4) is 0 Å². The minimum absolute atomic E-state index is 0.126. The second kappa shape index (κ2) is 5.07. The van der Waals surface area contributed by atoms with Gasteiger partial charge in [-0.2, -0.15) is 5.11 Å². The molecule has 0 aliphatic carbocycles. The Morgan fingerprint density at radius 1 is 1.27 bits per heavy atom. The van der Waals surface area contributed by atoms with Gasteiger partial charge in [-0.3, -0.25) is 0 Å². The molecule has 0 N–H and O–H groups in total. The minimum atomic E-state index is -1.65. The monoisotopic (exact) mass is 156 g/mol. The molecular weight excluding hydrogens is 144 g/mol. The average Bonchev–Trinajstić information content (AvgIpc) is 1.88. The Balaban J connectivity index is 3.98. The summed E-state index contributed by atoms with van der Waals surface area (Å²) in [6, 6.07) is 0. The van der Waals surface area contributed by atoms with Crippen LogP contribution in [-0.2, 0) is 14.9 Å². The lowest BCUT2D eigenvalue weighted by molar-refractivity contribution is -0.273. The minimum Gasteiger partial charge on any atom is -0.317 e. The summed E-state index contributed by atoms with van der Waals surface area (Å²) >= 11 is 0. The third kappa shape index (κ3) is 3.93. The smallest absolute Gasteiger partial charge is 0.211 e. The third-order valence-corrected chi connectivity index (χ3v) is 1.23. The second-order valence-corrected chi connectivity index (χ2v) is 2.16. The molecule has 11 heavy (non-hydrogen) atoms. The lowest BCUT2D eigenvalue weighted by atomic mass is 10.1. The maximum atomic E-state index is 11.3. The Morgan fingerprint density at radius 2 is 1.73 bits per heavy atom. The maximum absolute atomic E-state index is 11.3. The molecule has 0 bridgehead atoms. The van der Waals surface area contributed by atoms with Crippen molar-refractivity contribution in [2.45, 2.75) is 18.6 Å². The Morgan fingerprint density at radius 3 is 2.00 bits per heavy atom. The van der Waals surface area contributed by atoms with Crippen molar-refractivity contribution < 1.29 is 14.9 Å². The van der Waals surface area contributed by atoms with Crippen molar-refractivity contribution in [3.05, 3.63) is 25.3 Å². The normalized spacial score (nSPS) is 11.1. The molecule has 0 saturated heterocycles. The van der Waals surface area contributed by atoms with E-state index < -0.39 is 12.6 Å². The van der Waals surface area contributed by atoms with Crippen molar-refractivity contribution in [2.75, 3.05) is 6.79 Å². The molecule has 0 heterocycles. The van der Waals surface area contributed by atoms with Crippen molar-refractivity contribution >= 4 is 0 Å². The summed E-state index contributed by atoms with van der Waals surface area (Å²) in [6.07, 6.45) is 3.13. The molecule has 62 valence electrons. The van der Waals surface area contributed by atoms with E-state index in [2.05, 4.69) is 17.9 Å². The first-order valence-electron chi connectivity index (χ1n) is 3.33. The zero-order valence-electron chi connectivity index (χ0n) is 6.41. The first-order valence-corrected chi connectivity index (χ1v) is 3.33. The van der Waals surface area contributed by atoms with Gasteiger partial charge in [0.25, 0.3) is 0 Å². The number of ether oxygens (including phenoxy) is 1. The van der Waals surface area contributed by atoms with Crippen LogP contribution in [0.4, 0.5) is 0 Å². The molecule has 3 heteroatoms. The summed E-state index contributed by atoms with van der Waals surface area (Å²) in [4.78, 5) is 0. The van der Waals surface area contributed by atoms with Crippen LogP contribution in [0.5, 0.6) is 0 Å². The summed E-state index contributed by atoms with van der Waals surface area (Å²) in [6.45, 7) is 5.97. The molecule has 0 aliphatic heterocycles. The number of hydrogen-bond donors (Lipinski definition) is 0. The molecule has 0 aliphatic rings. The molecule has 3 nitrogen and oxygen atoms in total. The Hall–Kier alpha value is -0.640. The average molecular weight is 156 g/mol. The molecule has 0 rings (SSSR count). The van der Waals surface area contributed by atoms with Crippen LogP contribution in [0.2, 0.25) is 0 Å². The van der Waals surface area contributed by atoms with E-state index in [4.69, 9.17) is 0 Å². The summed E-state index contributed by atoms with van der Waals surface area (Å²) in [5, 5.41) is 21.3. The Labute approximate surface area is 66.6 Å². The molecule has 0 aromatic rings. The predicted molar refractivity (Wildman–Crippen MR) is 39.7 cm³/mol. The van der Waals surface area contributed by atoms with Gasteiger partial charge in [0, 0.05) is 12.8 Å². The van der Waals surface area contributed by atoms with Gasteiger partial charge in [-0.05, 0) is 0 Å². The fourth-order valence-electron chi connectivity index (χ4n) is 0.748. The van der Waals surface area contributed by atoms with Crippen molar-refractivity contribution in [1.82, 2.24) is 0 Å². The summed E-state index contributed by atoms with van der Waals surface area (Å²) in [7, 11) is 0. The van der Waals surface area contributed by atoms with Gasteiger partial charge in [-0.25, -0.2) is 5.11 Å². The highest BCUT2D eigenvalue weighted by atomic mass is 16.7. The molecule has 0 unspecified atom stereocenters. The lowest BCUT2D eigenvalue weighted by Crippen LogP contribution is -2.29. The fourth-order valence-corrected chi connectivity index (χ4v) is 0.748. The predicted octanol–water partition coefficient (Wildman–Crippen LogP) is 1.67. The molecule has 0 atom stereocenters. The van der Waals surface area contributed by atoms with Gasteiger partial charge in [0.15, 0.2) is 6.79 Å². The molecular formula is C8H12O3. The lowest BCUT2D eigenvalue weighted by Gasteiger charge is -2.20. The van der Waals surface area contributed by atoms with Gasteiger partial charge in [0.05, 0.1) is 0 Å². The van der Waals surface area contributed by atoms with Crippen LogP contribution in [0.15, 0.2) is 25.3 Å². The molecule has 0 spiro atoms. The van der Waals surface area contributed by atoms with Gasteiger partial charge < -0.3 is 4.74 Å². The van der Waals surface area contributed by atoms with E-state index in [1.54, 1.807) is 0 Å². The van der Waals surface area contributed by atoms with Gasteiger partial charge in [-0.1, -0.05) is 12.2 Å². The topological polar surface area (TPSA) is 49.0 Å². The summed E-state index contributed by atoms with van der Waals surface area (Å²) in [5.74, 6) is -1.65. The standard InChI is InChI=1S/C8H12O3/c1-3-5-8(10,6-4-2)11-7-9/h3-4H,1-2,5-7H2. The van der Waals surface area contributed by atoms with Crippen molar-refractivity contribution in [1.29, 1.82) is 0 Å². The van der Waals surface area contributed by atoms with Crippen molar-refractivity contribution in [3.63, 3.8) is 0 Å². The number of hydrogen-bond acceptors (Lipinski definition) is 1. The van der Waals surface area contributed by atoms with Gasteiger partial charge >= 0.3 is 0 Å². The Kier molecular flexibility index (Phi) is 4.77. The van der Waals surface area contributed by atoms with Crippen LogP contribution >= 0.6 is 0 Å². The first-order chi connectivity index (χ1) is 5.18. The van der Waals surface area contributed by atoms with Gasteiger partial charge in [0.2, 0.25) is 5.79 Å². The molecule has 2 radical (unpaired) electrons. The van der Waals surface area contributed by atoms with Crippen LogP contribution in [0.1, 0.15) is 12.8 Å². The quantitative estimate of drug-likeness (QED) is 0.426. The van der Waals surface area contributed by atoms with E-state index in [9.17, 15) is 10.2 Å². The fraction of sp³-hybridized carbons (Fsp3) is 0.500. The van der Waals surface area contributed by atoms with Crippen LogP contribution in [-0.4, -0.2) is 12.6 Å². The molecule has 0 aromatic carbocycles. The molecule has 0 aromatic heterocycles. The first kappa shape index (κ1) is 10.4. The van der Waals surface area contributed by atoms with E-state index in [-0.39, 0.29) is 12.8 Å². The van der Waals surface area contributed by atoms with E-state index in [1.165, 1.54) is 12.2 Å². The highest BCUT2D eigenvalue weighted by Gasteiger charge is 2.26. The third-order valence-electron chi connectivity index (χ3n) is 1.23. The van der Waals surface area contributed by atoms with Crippen LogP contribution in [0.25, 0.3) is 0 Å². The molecule has 0 amide bonds. The largest absolute Gasteiger partial charge is 0.317 e. The molecule has 0 saturated carbocycles. The zero-order valence-corrected chi connectivity index (χ0v) is 6.41. The summed E-state index contributed by atoms with van der Waals surface area (Å²) in [5.41, 5.74) is 0. The van der Waals surface area contributed by atoms with E-state index in [1.807, 2.05) is 0 Å². The van der Waals surface area contributed by atoms with E-state index in [0.717, 1.165) is 0 Å². The van der Waals surface area contributed by atoms with E-state index in [0.29, 0.717) is 0 Å².